The number of anilines is 2. The van der Waals surface area contributed by atoms with Crippen LogP contribution in [0.25, 0.3) is 0 Å². The third-order valence-electron chi connectivity index (χ3n) is 4.93. The average Bonchev–Trinajstić information content (AvgIpc) is 2.79. The molecule has 0 fully saturated rings. The Balaban J connectivity index is 1.81. The van der Waals surface area contributed by atoms with Crippen LogP contribution in [-0.2, 0) is 9.59 Å². The molecule has 0 saturated heterocycles. The Hall–Kier alpha value is -2.76. The van der Waals surface area contributed by atoms with Crippen molar-refractivity contribution in [1.82, 2.24) is 0 Å². The van der Waals surface area contributed by atoms with Gasteiger partial charge in [-0.25, -0.2) is 0 Å². The summed E-state index contributed by atoms with van der Waals surface area (Å²) in [5.41, 5.74) is 3.26. The van der Waals surface area contributed by atoms with Crippen LogP contribution in [0.5, 0.6) is 0 Å². The molecule has 2 N–H and O–H groups in total. The summed E-state index contributed by atoms with van der Waals surface area (Å²) in [5.74, 6) is -0.133. The molecule has 0 spiro atoms. The molecule has 4 nitrogen and oxygen atoms in total. The molecule has 3 aromatic carbocycles. The zero-order valence-corrected chi connectivity index (χ0v) is 19.8. The molecule has 0 aliphatic heterocycles. The number of amides is 2. The first-order valence-electron chi connectivity index (χ1n) is 10.6. The van der Waals surface area contributed by atoms with Crippen molar-refractivity contribution in [2.24, 2.45) is 0 Å². The maximum atomic E-state index is 13.3. The van der Waals surface area contributed by atoms with E-state index in [4.69, 9.17) is 11.6 Å². The van der Waals surface area contributed by atoms with Crippen LogP contribution < -0.4 is 10.6 Å². The minimum atomic E-state index is -0.472. The fourth-order valence-electron chi connectivity index (χ4n) is 3.17. The van der Waals surface area contributed by atoms with E-state index in [-0.39, 0.29) is 11.8 Å². The van der Waals surface area contributed by atoms with Crippen molar-refractivity contribution in [3.63, 3.8) is 0 Å². The summed E-state index contributed by atoms with van der Waals surface area (Å²) < 4.78 is 0. The fourth-order valence-corrected chi connectivity index (χ4v) is 4.43. The van der Waals surface area contributed by atoms with Crippen LogP contribution in [0.2, 0.25) is 5.02 Å². The molecule has 0 aliphatic rings. The number of rotatable bonds is 9. The van der Waals surface area contributed by atoms with Gasteiger partial charge in [-0.1, -0.05) is 67.4 Å². The fraction of sp³-hybridized carbons (Fsp3) is 0.231. The van der Waals surface area contributed by atoms with Gasteiger partial charge in [-0.2, -0.15) is 0 Å². The van der Waals surface area contributed by atoms with Gasteiger partial charge in [0.05, 0.1) is 0 Å². The molecule has 166 valence electrons. The van der Waals surface area contributed by atoms with E-state index in [0.717, 1.165) is 34.6 Å². The minimum Gasteiger partial charge on any atom is -0.326 e. The van der Waals surface area contributed by atoms with Crippen LogP contribution in [0.15, 0.2) is 77.7 Å². The second kappa shape index (κ2) is 11.7. The highest BCUT2D eigenvalue weighted by atomic mass is 35.5. The van der Waals surface area contributed by atoms with Gasteiger partial charge >= 0.3 is 0 Å². The van der Waals surface area contributed by atoms with Gasteiger partial charge in [-0.05, 0) is 54.8 Å². The number of carbonyl (C=O) groups excluding carboxylic acids is 2. The van der Waals surface area contributed by atoms with E-state index >= 15 is 0 Å². The molecule has 3 rings (SSSR count). The molecule has 3 aromatic rings. The van der Waals surface area contributed by atoms with Gasteiger partial charge < -0.3 is 10.6 Å². The van der Waals surface area contributed by atoms with E-state index in [1.165, 1.54) is 11.8 Å². The molecule has 0 aliphatic carbocycles. The second-order valence-corrected chi connectivity index (χ2v) is 9.15. The van der Waals surface area contributed by atoms with E-state index in [9.17, 15) is 9.59 Å². The third kappa shape index (κ3) is 6.87. The predicted molar refractivity (Wildman–Crippen MR) is 134 cm³/mol. The SMILES string of the molecule is CCCCC(=O)Nc1cccc(SC(C(=O)Nc2cc(Cl)ccc2C)c2ccccc2)c1. The van der Waals surface area contributed by atoms with Crippen molar-refractivity contribution < 1.29 is 9.59 Å². The summed E-state index contributed by atoms with van der Waals surface area (Å²) in [6.45, 7) is 3.99. The topological polar surface area (TPSA) is 58.2 Å². The summed E-state index contributed by atoms with van der Waals surface area (Å²) in [5, 5.41) is 6.07. The number of unbranched alkanes of at least 4 members (excludes halogenated alkanes) is 1. The standard InChI is InChI=1S/C26H27ClN2O2S/c1-3-4-13-24(30)28-21-11-8-12-22(17-21)32-25(19-9-6-5-7-10-19)26(31)29-23-16-20(27)15-14-18(23)2/h5-12,14-17,25H,3-4,13H2,1-2H3,(H,28,30)(H,29,31). The summed E-state index contributed by atoms with van der Waals surface area (Å²) in [6, 6.07) is 22.7. The lowest BCUT2D eigenvalue weighted by atomic mass is 10.1. The normalized spacial score (nSPS) is 11.6. The van der Waals surface area contributed by atoms with Crippen LogP contribution >= 0.6 is 23.4 Å². The molecule has 1 unspecified atom stereocenters. The highest BCUT2D eigenvalue weighted by molar-refractivity contribution is 8.00. The molecule has 0 saturated carbocycles. The number of aryl methyl sites for hydroxylation is 1. The Bertz CT molecular complexity index is 1070. The van der Waals surface area contributed by atoms with E-state index in [0.29, 0.717) is 17.1 Å². The number of carbonyl (C=O) groups is 2. The van der Waals surface area contributed by atoms with Crippen molar-refractivity contribution in [2.45, 2.75) is 43.3 Å². The average molecular weight is 467 g/mol. The van der Waals surface area contributed by atoms with Gasteiger partial charge in [0.15, 0.2) is 0 Å². The summed E-state index contributed by atoms with van der Waals surface area (Å²) in [7, 11) is 0. The van der Waals surface area contributed by atoms with Gasteiger partial charge in [0, 0.05) is 27.7 Å². The highest BCUT2D eigenvalue weighted by Crippen LogP contribution is 2.37. The first-order valence-corrected chi connectivity index (χ1v) is 11.9. The van der Waals surface area contributed by atoms with Crippen molar-refractivity contribution >= 4 is 46.6 Å². The Kier molecular flexibility index (Phi) is 8.77. The molecule has 0 bridgehead atoms. The van der Waals surface area contributed by atoms with Crippen LogP contribution in [-0.4, -0.2) is 11.8 Å². The van der Waals surface area contributed by atoms with Gasteiger partial charge in [0.1, 0.15) is 5.25 Å². The molecule has 2 amide bonds. The minimum absolute atomic E-state index is 0.00258. The first kappa shape index (κ1) is 23.9. The quantitative estimate of drug-likeness (QED) is 0.326. The summed E-state index contributed by atoms with van der Waals surface area (Å²) >= 11 is 7.57. The van der Waals surface area contributed by atoms with E-state index in [1.807, 2.05) is 67.6 Å². The lowest BCUT2D eigenvalue weighted by Crippen LogP contribution is -2.19. The van der Waals surface area contributed by atoms with Crippen LogP contribution in [0.3, 0.4) is 0 Å². The van der Waals surface area contributed by atoms with Crippen molar-refractivity contribution in [1.29, 1.82) is 0 Å². The lowest BCUT2D eigenvalue weighted by molar-refractivity contribution is -0.116. The van der Waals surface area contributed by atoms with Crippen LogP contribution in [0.1, 0.15) is 42.6 Å². The zero-order valence-electron chi connectivity index (χ0n) is 18.2. The number of hydrogen-bond donors (Lipinski definition) is 2. The monoisotopic (exact) mass is 466 g/mol. The van der Waals surface area contributed by atoms with Gasteiger partial charge in [-0.15, -0.1) is 11.8 Å². The maximum absolute atomic E-state index is 13.3. The van der Waals surface area contributed by atoms with Gasteiger partial charge in [0.25, 0.3) is 0 Å². The number of hydrogen-bond acceptors (Lipinski definition) is 3. The summed E-state index contributed by atoms with van der Waals surface area (Å²) in [4.78, 5) is 26.3. The van der Waals surface area contributed by atoms with Gasteiger partial charge in [-0.3, -0.25) is 9.59 Å². The largest absolute Gasteiger partial charge is 0.326 e. The highest BCUT2D eigenvalue weighted by Gasteiger charge is 2.23. The zero-order chi connectivity index (χ0) is 22.9. The number of nitrogens with one attached hydrogen (secondary N) is 2. The van der Waals surface area contributed by atoms with E-state index in [2.05, 4.69) is 17.6 Å². The van der Waals surface area contributed by atoms with Crippen LogP contribution in [0, 0.1) is 6.92 Å². The molecule has 6 heteroatoms. The Morgan fingerprint density at radius 3 is 2.50 bits per heavy atom. The van der Waals surface area contributed by atoms with Crippen molar-refractivity contribution in [2.75, 3.05) is 10.6 Å². The second-order valence-electron chi connectivity index (χ2n) is 7.54. The number of benzene rings is 3. The number of thioether (sulfide) groups is 1. The third-order valence-corrected chi connectivity index (χ3v) is 6.41. The smallest absolute Gasteiger partial charge is 0.242 e. The Morgan fingerprint density at radius 2 is 1.75 bits per heavy atom. The summed E-state index contributed by atoms with van der Waals surface area (Å²) in [6.07, 6.45) is 2.34. The number of halogens is 1. The molecule has 32 heavy (non-hydrogen) atoms. The molecular formula is C26H27ClN2O2S. The van der Waals surface area contributed by atoms with E-state index < -0.39 is 5.25 Å². The molecule has 0 heterocycles. The van der Waals surface area contributed by atoms with Crippen molar-refractivity contribution in [3.8, 4) is 0 Å². The van der Waals surface area contributed by atoms with Crippen LogP contribution in [0.4, 0.5) is 11.4 Å². The van der Waals surface area contributed by atoms with E-state index in [1.54, 1.807) is 12.1 Å². The molecule has 0 aromatic heterocycles. The Morgan fingerprint density at radius 1 is 0.969 bits per heavy atom. The molecule has 0 radical (unpaired) electrons. The molecule has 1 atom stereocenters. The predicted octanol–water partition coefficient (Wildman–Crippen LogP) is 7.25. The Labute approximate surface area is 198 Å². The molecular weight excluding hydrogens is 440 g/mol. The first-order chi connectivity index (χ1) is 15.5. The lowest BCUT2D eigenvalue weighted by Gasteiger charge is -2.18. The van der Waals surface area contributed by atoms with Crippen molar-refractivity contribution in [3.05, 3.63) is 88.9 Å². The maximum Gasteiger partial charge on any atom is 0.242 e. The van der Waals surface area contributed by atoms with Gasteiger partial charge in [0.2, 0.25) is 11.8 Å².